The van der Waals surface area contributed by atoms with E-state index in [0.29, 0.717) is 16.5 Å². The maximum absolute atomic E-state index is 13.7. The molecule has 2 aromatic heterocycles. The van der Waals surface area contributed by atoms with E-state index in [1.807, 2.05) is 13.0 Å². The highest BCUT2D eigenvalue weighted by molar-refractivity contribution is 6.33. The Bertz CT molecular complexity index is 1020. The first-order valence-electron chi connectivity index (χ1n) is 8.20. The number of benzene rings is 1. The summed E-state index contributed by atoms with van der Waals surface area (Å²) in [5.41, 5.74) is 3.91. The van der Waals surface area contributed by atoms with Crippen molar-refractivity contribution in [1.29, 1.82) is 0 Å². The summed E-state index contributed by atoms with van der Waals surface area (Å²) >= 11 is 6.23. The van der Waals surface area contributed by atoms with E-state index in [1.165, 1.54) is 31.5 Å². The fourth-order valence-electron chi connectivity index (χ4n) is 2.57. The second-order valence-corrected chi connectivity index (χ2v) is 6.33. The molecule has 0 aliphatic rings. The molecule has 0 aliphatic heterocycles. The third-order valence-corrected chi connectivity index (χ3v) is 4.10. The van der Waals surface area contributed by atoms with Crippen molar-refractivity contribution in [3.8, 4) is 0 Å². The van der Waals surface area contributed by atoms with Gasteiger partial charge in [0, 0.05) is 19.2 Å². The Kier molecular flexibility index (Phi) is 5.76. The Morgan fingerprint density at radius 2 is 2.00 bits per heavy atom. The molecule has 0 aliphatic carbocycles. The van der Waals surface area contributed by atoms with Gasteiger partial charge < -0.3 is 10.6 Å². The lowest BCUT2D eigenvalue weighted by atomic mass is 10.1. The highest BCUT2D eigenvalue weighted by Gasteiger charge is 2.14. The van der Waals surface area contributed by atoms with Gasteiger partial charge in [-0.05, 0) is 25.1 Å². The van der Waals surface area contributed by atoms with Gasteiger partial charge in [0.2, 0.25) is 0 Å². The van der Waals surface area contributed by atoms with Gasteiger partial charge in [-0.3, -0.25) is 14.3 Å². The summed E-state index contributed by atoms with van der Waals surface area (Å²) in [5, 5.41) is 10.7. The molecule has 0 radical (unpaired) electrons. The SMILES string of the molecule is CONC(=O)c1ccc(F)cc1Nc1cc(Nc2cc(C)nn2C)ncc1Cl. The molecular weight excluding hydrogens is 387 g/mol. The number of carbonyl (C=O) groups is 1. The molecule has 0 unspecified atom stereocenters. The number of anilines is 4. The van der Waals surface area contributed by atoms with Crippen molar-refractivity contribution < 1.29 is 14.0 Å². The predicted molar refractivity (Wildman–Crippen MR) is 105 cm³/mol. The van der Waals surface area contributed by atoms with Gasteiger partial charge in [0.1, 0.15) is 17.5 Å². The standard InChI is InChI=1S/C18H18ClFN6O2/c1-10-6-17(26(2)24-10)23-16-8-15(13(19)9-21-16)22-14-7-11(20)4-5-12(14)18(27)25-28-3/h4-9H,1-3H3,(H,25,27)(H2,21,22,23). The van der Waals surface area contributed by atoms with Crippen molar-refractivity contribution >= 4 is 40.5 Å². The van der Waals surface area contributed by atoms with Crippen LogP contribution in [0.2, 0.25) is 5.02 Å². The lowest BCUT2D eigenvalue weighted by molar-refractivity contribution is 0.0538. The average molecular weight is 405 g/mol. The van der Waals surface area contributed by atoms with E-state index >= 15 is 0 Å². The summed E-state index contributed by atoms with van der Waals surface area (Å²) in [6.45, 7) is 1.88. The highest BCUT2D eigenvalue weighted by Crippen LogP contribution is 2.30. The van der Waals surface area contributed by atoms with Gasteiger partial charge >= 0.3 is 0 Å². The molecule has 2 heterocycles. The first kappa shape index (κ1) is 19.6. The maximum atomic E-state index is 13.7. The lowest BCUT2D eigenvalue weighted by Gasteiger charge is -2.14. The number of hydrogen-bond donors (Lipinski definition) is 3. The molecule has 1 aromatic carbocycles. The molecule has 0 saturated carbocycles. The molecule has 28 heavy (non-hydrogen) atoms. The number of nitrogens with zero attached hydrogens (tertiary/aromatic N) is 3. The molecule has 3 N–H and O–H groups in total. The van der Waals surface area contributed by atoms with Crippen molar-refractivity contribution in [3.63, 3.8) is 0 Å². The van der Waals surface area contributed by atoms with Crippen LogP contribution in [-0.2, 0) is 11.9 Å². The number of carbonyl (C=O) groups excluding carboxylic acids is 1. The number of hydrogen-bond acceptors (Lipinski definition) is 6. The van der Waals surface area contributed by atoms with Crippen LogP contribution in [0.1, 0.15) is 16.1 Å². The highest BCUT2D eigenvalue weighted by atomic mass is 35.5. The molecule has 3 aromatic rings. The summed E-state index contributed by atoms with van der Waals surface area (Å²) in [6.07, 6.45) is 1.45. The molecule has 146 valence electrons. The van der Waals surface area contributed by atoms with E-state index in [0.717, 1.165) is 11.5 Å². The van der Waals surface area contributed by atoms with Crippen molar-refractivity contribution in [2.45, 2.75) is 6.92 Å². The van der Waals surface area contributed by atoms with Crippen LogP contribution in [0, 0.1) is 12.7 Å². The fourth-order valence-corrected chi connectivity index (χ4v) is 2.72. The van der Waals surface area contributed by atoms with E-state index < -0.39 is 11.7 Å². The number of aryl methyl sites for hydroxylation is 2. The Morgan fingerprint density at radius 3 is 2.68 bits per heavy atom. The van der Waals surface area contributed by atoms with E-state index in [2.05, 4.69) is 31.0 Å². The van der Waals surface area contributed by atoms with Gasteiger partial charge in [-0.25, -0.2) is 14.9 Å². The predicted octanol–water partition coefficient (Wildman–Crippen LogP) is 3.69. The number of halogens is 2. The van der Waals surface area contributed by atoms with Crippen molar-refractivity contribution in [2.24, 2.45) is 7.05 Å². The Balaban J connectivity index is 1.91. The van der Waals surface area contributed by atoms with Crippen molar-refractivity contribution in [1.82, 2.24) is 20.2 Å². The maximum Gasteiger partial charge on any atom is 0.276 e. The third-order valence-electron chi connectivity index (χ3n) is 3.80. The van der Waals surface area contributed by atoms with Crippen molar-refractivity contribution in [2.75, 3.05) is 17.7 Å². The number of aromatic nitrogens is 3. The van der Waals surface area contributed by atoms with E-state index in [-0.39, 0.29) is 11.3 Å². The van der Waals surface area contributed by atoms with Crippen LogP contribution >= 0.6 is 11.6 Å². The minimum atomic E-state index is -0.529. The van der Waals surface area contributed by atoms with E-state index in [4.69, 9.17) is 11.6 Å². The Hall–Kier alpha value is -3.17. The number of amides is 1. The zero-order chi connectivity index (χ0) is 20.3. The van der Waals surface area contributed by atoms with Crippen LogP contribution < -0.4 is 16.1 Å². The second-order valence-electron chi connectivity index (χ2n) is 5.92. The first-order chi connectivity index (χ1) is 13.4. The summed E-state index contributed by atoms with van der Waals surface area (Å²) < 4.78 is 15.4. The van der Waals surface area contributed by atoms with Gasteiger partial charge in [0.05, 0.1) is 41.0 Å². The minimum absolute atomic E-state index is 0.188. The van der Waals surface area contributed by atoms with Crippen LogP contribution in [0.25, 0.3) is 0 Å². The number of nitrogens with one attached hydrogen (secondary N) is 3. The molecule has 10 heteroatoms. The zero-order valence-electron chi connectivity index (χ0n) is 15.4. The molecule has 0 saturated heterocycles. The van der Waals surface area contributed by atoms with Gasteiger partial charge in [0.15, 0.2) is 0 Å². The van der Waals surface area contributed by atoms with Crippen LogP contribution in [0.4, 0.5) is 27.4 Å². The Labute approximate surface area is 165 Å². The van der Waals surface area contributed by atoms with Crippen LogP contribution in [0.3, 0.4) is 0 Å². The third kappa shape index (κ3) is 4.38. The molecule has 8 nitrogen and oxygen atoms in total. The van der Waals surface area contributed by atoms with Crippen molar-refractivity contribution in [3.05, 3.63) is 58.6 Å². The zero-order valence-corrected chi connectivity index (χ0v) is 16.1. The van der Waals surface area contributed by atoms with E-state index in [9.17, 15) is 9.18 Å². The average Bonchev–Trinajstić information content (AvgIpc) is 2.95. The molecule has 0 atom stereocenters. The Morgan fingerprint density at radius 1 is 1.21 bits per heavy atom. The minimum Gasteiger partial charge on any atom is -0.353 e. The summed E-state index contributed by atoms with van der Waals surface area (Å²) in [7, 11) is 3.12. The second kappa shape index (κ2) is 8.24. The molecular formula is C18H18ClFN6O2. The lowest BCUT2D eigenvalue weighted by Crippen LogP contribution is -2.22. The topological polar surface area (TPSA) is 93.1 Å². The molecule has 3 rings (SSSR count). The summed E-state index contributed by atoms with van der Waals surface area (Å²) in [4.78, 5) is 21.0. The number of hydroxylamine groups is 1. The summed E-state index contributed by atoms with van der Waals surface area (Å²) in [6, 6.07) is 7.23. The largest absolute Gasteiger partial charge is 0.353 e. The van der Waals surface area contributed by atoms with Gasteiger partial charge in [0.25, 0.3) is 5.91 Å². The molecule has 0 spiro atoms. The van der Waals surface area contributed by atoms with Crippen LogP contribution in [0.15, 0.2) is 36.5 Å². The normalized spacial score (nSPS) is 10.6. The quantitative estimate of drug-likeness (QED) is 0.542. The number of rotatable bonds is 6. The first-order valence-corrected chi connectivity index (χ1v) is 8.58. The monoisotopic (exact) mass is 404 g/mol. The number of pyridine rings is 1. The van der Waals surface area contributed by atoms with E-state index in [1.54, 1.807) is 17.8 Å². The van der Waals surface area contributed by atoms with Gasteiger partial charge in [-0.2, -0.15) is 5.10 Å². The van der Waals surface area contributed by atoms with Crippen LogP contribution in [-0.4, -0.2) is 27.8 Å². The van der Waals surface area contributed by atoms with Gasteiger partial charge in [-0.1, -0.05) is 11.6 Å². The van der Waals surface area contributed by atoms with Crippen LogP contribution in [0.5, 0.6) is 0 Å². The smallest absolute Gasteiger partial charge is 0.276 e. The fraction of sp³-hybridized carbons (Fsp3) is 0.167. The van der Waals surface area contributed by atoms with Gasteiger partial charge in [-0.15, -0.1) is 0 Å². The molecule has 0 bridgehead atoms. The molecule has 0 fully saturated rings. The molecule has 1 amide bonds. The summed E-state index contributed by atoms with van der Waals surface area (Å²) in [5.74, 6) is 0.197.